The van der Waals surface area contributed by atoms with E-state index in [-0.39, 0.29) is 0 Å². The van der Waals surface area contributed by atoms with E-state index in [1.54, 1.807) is 4.90 Å². The monoisotopic (exact) mass is 271 g/mol. The van der Waals surface area contributed by atoms with Crippen LogP contribution >= 0.6 is 0 Å². The molecule has 1 N–H and O–H groups in total. The molecule has 2 rings (SSSR count). The van der Waals surface area contributed by atoms with Gasteiger partial charge in [0.25, 0.3) is 0 Å². The molecular formula is C18H27N2+. The van der Waals surface area contributed by atoms with Gasteiger partial charge in [0.05, 0.1) is 6.54 Å². The molecule has 20 heavy (non-hydrogen) atoms. The topological polar surface area (TPSA) is 17.3 Å². The third-order valence-electron chi connectivity index (χ3n) is 4.17. The quantitative estimate of drug-likeness (QED) is 0.644. The fourth-order valence-electron chi connectivity index (χ4n) is 3.00. The Morgan fingerprint density at radius 1 is 1.30 bits per heavy atom. The highest BCUT2D eigenvalue weighted by atomic mass is 15.2. The molecule has 2 heteroatoms. The zero-order valence-electron chi connectivity index (χ0n) is 12.7. The lowest BCUT2D eigenvalue weighted by Crippen LogP contribution is -3.13. The first-order chi connectivity index (χ1) is 9.92. The second kappa shape index (κ2) is 8.76. The van der Waals surface area contributed by atoms with Crippen LogP contribution in [0.15, 0.2) is 24.5 Å². The molecule has 2 nitrogen and oxygen atoms in total. The minimum atomic E-state index is 0.599. The van der Waals surface area contributed by atoms with Crippen LogP contribution in [0.25, 0.3) is 0 Å². The maximum Gasteiger partial charge on any atom is 0.139 e. The first-order valence-corrected chi connectivity index (χ1v) is 8.12. The predicted molar refractivity (Wildman–Crippen MR) is 83.4 cm³/mol. The van der Waals surface area contributed by atoms with Gasteiger partial charge < -0.3 is 4.90 Å². The van der Waals surface area contributed by atoms with Crippen molar-refractivity contribution in [3.63, 3.8) is 0 Å². The summed E-state index contributed by atoms with van der Waals surface area (Å²) < 4.78 is 0. The van der Waals surface area contributed by atoms with Crippen molar-refractivity contribution in [1.82, 2.24) is 4.98 Å². The van der Waals surface area contributed by atoms with Crippen LogP contribution in [0.1, 0.15) is 63.5 Å². The number of nitrogens with one attached hydrogen (secondary N) is 1. The van der Waals surface area contributed by atoms with Gasteiger partial charge in [-0.15, -0.1) is 0 Å². The normalized spacial score (nSPS) is 22.1. The Hall–Kier alpha value is -1.33. The molecule has 0 spiro atoms. The highest BCUT2D eigenvalue weighted by Crippen LogP contribution is 2.18. The second-order valence-electron chi connectivity index (χ2n) is 5.73. The lowest BCUT2D eigenvalue weighted by molar-refractivity contribution is -0.930. The third kappa shape index (κ3) is 4.65. The molecule has 0 saturated carbocycles. The van der Waals surface area contributed by atoms with Crippen LogP contribution in [0.3, 0.4) is 0 Å². The summed E-state index contributed by atoms with van der Waals surface area (Å²) in [6.07, 6.45) is 12.8. The summed E-state index contributed by atoms with van der Waals surface area (Å²) >= 11 is 0. The predicted octanol–water partition coefficient (Wildman–Crippen LogP) is 2.78. The van der Waals surface area contributed by atoms with Gasteiger partial charge in [0.2, 0.25) is 0 Å². The number of rotatable bonds is 5. The number of likely N-dealkylation sites (tertiary alicyclic amines) is 1. The van der Waals surface area contributed by atoms with Gasteiger partial charge in [0.15, 0.2) is 0 Å². The molecule has 1 unspecified atom stereocenters. The summed E-state index contributed by atoms with van der Waals surface area (Å²) in [5.41, 5.74) is 1.38. The van der Waals surface area contributed by atoms with Crippen LogP contribution < -0.4 is 4.90 Å². The minimum absolute atomic E-state index is 0.599. The van der Waals surface area contributed by atoms with E-state index in [1.807, 2.05) is 12.4 Å². The van der Waals surface area contributed by atoms with Crippen LogP contribution in [0, 0.1) is 11.8 Å². The minimum Gasteiger partial charge on any atom is -0.319 e. The van der Waals surface area contributed by atoms with E-state index in [9.17, 15) is 0 Å². The van der Waals surface area contributed by atoms with Crippen molar-refractivity contribution in [3.05, 3.63) is 30.1 Å². The van der Waals surface area contributed by atoms with E-state index in [0.29, 0.717) is 6.04 Å². The summed E-state index contributed by atoms with van der Waals surface area (Å²) in [5.74, 6) is 6.76. The van der Waals surface area contributed by atoms with Gasteiger partial charge in [0.1, 0.15) is 12.6 Å². The van der Waals surface area contributed by atoms with Crippen molar-refractivity contribution in [3.8, 4) is 11.8 Å². The maximum atomic E-state index is 4.28. The number of pyridine rings is 1. The van der Waals surface area contributed by atoms with Crippen molar-refractivity contribution < 1.29 is 4.90 Å². The van der Waals surface area contributed by atoms with Gasteiger partial charge in [-0.25, -0.2) is 0 Å². The molecule has 2 heterocycles. The Kier molecular flexibility index (Phi) is 6.60. The Morgan fingerprint density at radius 2 is 2.25 bits per heavy atom. The number of hydrogen-bond acceptors (Lipinski definition) is 1. The molecule has 0 aliphatic carbocycles. The first-order valence-electron chi connectivity index (χ1n) is 8.12. The van der Waals surface area contributed by atoms with Crippen molar-refractivity contribution in [2.24, 2.45) is 0 Å². The number of aromatic nitrogens is 1. The SMILES string of the molecule is CCCCCC#CC[NH+]1CCCC[C@H]1c1cccnc1. The van der Waals surface area contributed by atoms with Crippen molar-refractivity contribution >= 4 is 0 Å². The number of quaternary nitrogens is 1. The fraction of sp³-hybridized carbons (Fsp3) is 0.611. The molecule has 0 bridgehead atoms. The Labute approximate surface area is 123 Å². The van der Waals surface area contributed by atoms with Crippen molar-refractivity contribution in [2.75, 3.05) is 13.1 Å². The summed E-state index contributed by atoms with van der Waals surface area (Å²) in [4.78, 5) is 5.91. The number of hydrogen-bond donors (Lipinski definition) is 1. The number of piperidine rings is 1. The van der Waals surface area contributed by atoms with Gasteiger partial charge in [0, 0.05) is 30.8 Å². The van der Waals surface area contributed by atoms with Gasteiger partial charge in [-0.05, 0) is 31.2 Å². The van der Waals surface area contributed by atoms with Crippen LogP contribution in [-0.2, 0) is 0 Å². The fourth-order valence-corrected chi connectivity index (χ4v) is 3.00. The maximum absolute atomic E-state index is 4.28. The smallest absolute Gasteiger partial charge is 0.139 e. The van der Waals surface area contributed by atoms with Crippen molar-refractivity contribution in [1.29, 1.82) is 0 Å². The van der Waals surface area contributed by atoms with Crippen LogP contribution in [-0.4, -0.2) is 18.1 Å². The molecule has 0 aromatic carbocycles. The second-order valence-corrected chi connectivity index (χ2v) is 5.73. The van der Waals surface area contributed by atoms with E-state index < -0.39 is 0 Å². The highest BCUT2D eigenvalue weighted by molar-refractivity contribution is 5.12. The van der Waals surface area contributed by atoms with Gasteiger partial charge in [-0.2, -0.15) is 0 Å². The Bertz CT molecular complexity index is 430. The molecule has 1 aliphatic heterocycles. The van der Waals surface area contributed by atoms with Crippen LogP contribution in [0.5, 0.6) is 0 Å². The van der Waals surface area contributed by atoms with E-state index in [2.05, 4.69) is 35.9 Å². The molecule has 0 amide bonds. The van der Waals surface area contributed by atoms with E-state index >= 15 is 0 Å². The molecule has 2 atom stereocenters. The molecule has 1 saturated heterocycles. The van der Waals surface area contributed by atoms with E-state index in [4.69, 9.17) is 0 Å². The summed E-state index contributed by atoms with van der Waals surface area (Å²) in [5, 5.41) is 0. The third-order valence-corrected chi connectivity index (χ3v) is 4.17. The van der Waals surface area contributed by atoms with E-state index in [1.165, 1.54) is 50.6 Å². The Balaban J connectivity index is 1.87. The molecular weight excluding hydrogens is 244 g/mol. The van der Waals surface area contributed by atoms with Gasteiger partial charge in [-0.3, -0.25) is 4.98 Å². The largest absolute Gasteiger partial charge is 0.319 e. The van der Waals surface area contributed by atoms with Crippen molar-refractivity contribution in [2.45, 2.75) is 57.9 Å². The molecule has 1 aromatic rings. The molecule has 108 valence electrons. The Morgan fingerprint density at radius 3 is 3.05 bits per heavy atom. The molecule has 1 aliphatic rings. The highest BCUT2D eigenvalue weighted by Gasteiger charge is 2.26. The lowest BCUT2D eigenvalue weighted by atomic mass is 9.96. The summed E-state index contributed by atoms with van der Waals surface area (Å²) in [7, 11) is 0. The van der Waals surface area contributed by atoms with E-state index in [0.717, 1.165) is 13.0 Å². The average Bonchev–Trinajstić information content (AvgIpc) is 2.52. The molecule has 1 aromatic heterocycles. The standard InChI is InChI=1S/C18H26N2/c1-2-3-4-5-6-8-14-20-15-9-7-12-18(20)17-11-10-13-19-16-17/h10-11,13,16,18H,2-5,7,9,12,14-15H2,1H3/p+1/t18-/m0/s1. The zero-order valence-corrected chi connectivity index (χ0v) is 12.7. The molecule has 1 fully saturated rings. The lowest BCUT2D eigenvalue weighted by Gasteiger charge is -2.31. The van der Waals surface area contributed by atoms with Gasteiger partial charge in [-0.1, -0.05) is 31.8 Å². The zero-order chi connectivity index (χ0) is 14.0. The molecule has 0 radical (unpaired) electrons. The summed E-state index contributed by atoms with van der Waals surface area (Å²) in [6.45, 7) is 4.48. The van der Waals surface area contributed by atoms with Crippen LogP contribution in [0.2, 0.25) is 0 Å². The first kappa shape index (κ1) is 15.1. The number of unbranched alkanes of at least 4 members (excludes halogenated alkanes) is 3. The summed E-state index contributed by atoms with van der Waals surface area (Å²) in [6, 6.07) is 4.87. The number of nitrogens with zero attached hydrogens (tertiary/aromatic N) is 1. The van der Waals surface area contributed by atoms with Crippen LogP contribution in [0.4, 0.5) is 0 Å². The average molecular weight is 271 g/mol. The van der Waals surface area contributed by atoms with Gasteiger partial charge >= 0.3 is 0 Å².